The molecule has 0 unspecified atom stereocenters. The van der Waals surface area contributed by atoms with Crippen LogP contribution in [0, 0.1) is 13.8 Å². The molecule has 7 nitrogen and oxygen atoms in total. The molecule has 0 aliphatic heterocycles. The Kier molecular flexibility index (Phi) is 6.07. The van der Waals surface area contributed by atoms with Crippen molar-refractivity contribution in [2.45, 2.75) is 31.2 Å². The molecule has 1 aromatic heterocycles. The molecule has 0 saturated carbocycles. The summed E-state index contributed by atoms with van der Waals surface area (Å²) < 4.78 is 26.4. The molecule has 0 spiro atoms. The second kappa shape index (κ2) is 7.71. The molecule has 1 atom stereocenters. The van der Waals surface area contributed by atoms with Gasteiger partial charge in [0.05, 0.1) is 11.9 Å². The van der Waals surface area contributed by atoms with Crippen LogP contribution in [-0.4, -0.2) is 43.1 Å². The van der Waals surface area contributed by atoms with Crippen LogP contribution < -0.4 is 9.62 Å². The minimum atomic E-state index is -3.65. The summed E-state index contributed by atoms with van der Waals surface area (Å²) in [5.74, 6) is -0.465. The molecule has 1 amide bonds. The smallest absolute Gasteiger partial charge is 0.249 e. The molecule has 2 rings (SSSR count). The summed E-state index contributed by atoms with van der Waals surface area (Å²) in [5.41, 5.74) is 2.45. The van der Waals surface area contributed by atoms with Crippen molar-refractivity contribution < 1.29 is 13.2 Å². The third-order valence-corrected chi connectivity index (χ3v) is 6.70. The lowest BCUT2D eigenvalue weighted by Gasteiger charge is -2.28. The van der Waals surface area contributed by atoms with E-state index in [0.717, 1.165) is 26.0 Å². The maximum Gasteiger partial charge on any atom is 0.249 e. The Morgan fingerprint density at radius 3 is 2.48 bits per heavy atom. The third-order valence-electron chi connectivity index (χ3n) is 3.64. The lowest BCUT2D eigenvalue weighted by Crippen LogP contribution is -2.45. The zero-order valence-electron chi connectivity index (χ0n) is 14.6. The Bertz CT molecular complexity index is 880. The van der Waals surface area contributed by atoms with Gasteiger partial charge in [0.25, 0.3) is 0 Å². The molecule has 1 N–H and O–H groups in total. The second-order valence-electron chi connectivity index (χ2n) is 5.57. The number of rotatable bonds is 6. The Balaban J connectivity index is 2.30. The number of hydrogen-bond donors (Lipinski definition) is 1. The summed E-state index contributed by atoms with van der Waals surface area (Å²) in [4.78, 5) is 12.5. The molecular formula is C15H20N4O3S3. The largest absolute Gasteiger partial charge is 0.299 e. The summed E-state index contributed by atoms with van der Waals surface area (Å²) in [6, 6.07) is 4.36. The predicted molar refractivity (Wildman–Crippen MR) is 103 cm³/mol. The van der Waals surface area contributed by atoms with Gasteiger partial charge in [0.2, 0.25) is 21.1 Å². The number of aromatic nitrogens is 2. The SMILES string of the molecule is CSc1nnc(NC(=O)[C@@H](C)N(c2ccc(C)c(C)c2)S(C)(=O)=O)s1. The van der Waals surface area contributed by atoms with Crippen LogP contribution in [-0.2, 0) is 14.8 Å². The Morgan fingerprint density at radius 1 is 1.28 bits per heavy atom. The van der Waals surface area contributed by atoms with E-state index in [4.69, 9.17) is 0 Å². The van der Waals surface area contributed by atoms with Crippen molar-refractivity contribution in [2.75, 3.05) is 22.1 Å². The highest BCUT2D eigenvalue weighted by molar-refractivity contribution is 8.00. The van der Waals surface area contributed by atoms with E-state index < -0.39 is 22.0 Å². The first-order valence-corrected chi connectivity index (χ1v) is 11.3. The van der Waals surface area contributed by atoms with Gasteiger partial charge in [0.1, 0.15) is 6.04 Å². The number of amides is 1. The fraction of sp³-hybridized carbons (Fsp3) is 0.400. The average molecular weight is 401 g/mol. The van der Waals surface area contributed by atoms with E-state index in [1.54, 1.807) is 19.1 Å². The number of sulfonamides is 1. The van der Waals surface area contributed by atoms with Gasteiger partial charge >= 0.3 is 0 Å². The highest BCUT2D eigenvalue weighted by Crippen LogP contribution is 2.26. The van der Waals surface area contributed by atoms with Gasteiger partial charge in [-0.1, -0.05) is 29.2 Å². The Labute approximate surface area is 155 Å². The van der Waals surface area contributed by atoms with Crippen LogP contribution in [0.25, 0.3) is 0 Å². The van der Waals surface area contributed by atoms with Crippen molar-refractivity contribution >= 4 is 49.8 Å². The van der Waals surface area contributed by atoms with Gasteiger partial charge in [-0.25, -0.2) is 8.42 Å². The van der Waals surface area contributed by atoms with Crippen LogP contribution in [0.3, 0.4) is 0 Å². The van der Waals surface area contributed by atoms with Crippen molar-refractivity contribution in [1.82, 2.24) is 10.2 Å². The average Bonchev–Trinajstić information content (AvgIpc) is 2.97. The first kappa shape index (κ1) is 19.7. The maximum absolute atomic E-state index is 12.5. The van der Waals surface area contributed by atoms with Crippen LogP contribution in [0.15, 0.2) is 22.5 Å². The van der Waals surface area contributed by atoms with Gasteiger partial charge in [-0.05, 0) is 50.3 Å². The van der Waals surface area contributed by atoms with Crippen LogP contribution in [0.5, 0.6) is 0 Å². The number of benzene rings is 1. The molecule has 1 heterocycles. The van der Waals surface area contributed by atoms with Gasteiger partial charge in [0, 0.05) is 0 Å². The number of nitrogens with one attached hydrogen (secondary N) is 1. The molecular weight excluding hydrogens is 380 g/mol. The van der Waals surface area contributed by atoms with E-state index in [9.17, 15) is 13.2 Å². The Morgan fingerprint density at radius 2 is 1.96 bits per heavy atom. The van der Waals surface area contributed by atoms with Gasteiger partial charge < -0.3 is 0 Å². The lowest BCUT2D eigenvalue weighted by molar-refractivity contribution is -0.116. The summed E-state index contributed by atoms with van der Waals surface area (Å²) in [5, 5.41) is 10.8. The normalized spacial score (nSPS) is 12.7. The molecule has 0 saturated heterocycles. The summed E-state index contributed by atoms with van der Waals surface area (Å²) in [6.07, 6.45) is 2.95. The molecule has 2 aromatic rings. The summed E-state index contributed by atoms with van der Waals surface area (Å²) in [7, 11) is -3.65. The standard InChI is InChI=1S/C15H20N4O3S3/c1-9-6-7-12(8-10(9)2)19(25(5,21)22)11(3)13(20)16-14-17-18-15(23-4)24-14/h6-8,11H,1-5H3,(H,16,17,20)/t11-/m1/s1. The van der Waals surface area contributed by atoms with Crippen molar-refractivity contribution in [2.24, 2.45) is 0 Å². The fourth-order valence-corrected chi connectivity index (χ4v) is 4.56. The number of carbonyl (C=O) groups excluding carboxylic acids is 1. The minimum Gasteiger partial charge on any atom is -0.299 e. The second-order valence-corrected chi connectivity index (χ2v) is 9.46. The number of thioether (sulfide) groups is 1. The lowest BCUT2D eigenvalue weighted by atomic mass is 10.1. The van der Waals surface area contributed by atoms with Crippen molar-refractivity contribution in [3.63, 3.8) is 0 Å². The molecule has 0 aliphatic carbocycles. The van der Waals surface area contributed by atoms with E-state index in [0.29, 0.717) is 10.8 Å². The van der Waals surface area contributed by atoms with E-state index in [-0.39, 0.29) is 0 Å². The summed E-state index contributed by atoms with van der Waals surface area (Å²) >= 11 is 2.66. The highest BCUT2D eigenvalue weighted by Gasteiger charge is 2.29. The van der Waals surface area contributed by atoms with E-state index in [1.807, 2.05) is 26.2 Å². The highest BCUT2D eigenvalue weighted by atomic mass is 32.2. The first-order valence-electron chi connectivity index (χ1n) is 7.38. The van der Waals surface area contributed by atoms with Crippen LogP contribution in [0.2, 0.25) is 0 Å². The molecule has 1 aromatic carbocycles. The molecule has 0 aliphatic rings. The number of hydrogen-bond acceptors (Lipinski definition) is 7. The van der Waals surface area contributed by atoms with Gasteiger partial charge in [0.15, 0.2) is 4.34 Å². The number of anilines is 2. The quantitative estimate of drug-likeness (QED) is 0.592. The molecule has 10 heteroatoms. The van der Waals surface area contributed by atoms with E-state index in [1.165, 1.54) is 23.1 Å². The van der Waals surface area contributed by atoms with Gasteiger partial charge in [-0.15, -0.1) is 10.2 Å². The van der Waals surface area contributed by atoms with Crippen LogP contribution in [0.4, 0.5) is 10.8 Å². The minimum absolute atomic E-state index is 0.342. The van der Waals surface area contributed by atoms with Crippen LogP contribution in [0.1, 0.15) is 18.1 Å². The van der Waals surface area contributed by atoms with Gasteiger partial charge in [-0.3, -0.25) is 14.4 Å². The van der Waals surface area contributed by atoms with Crippen LogP contribution >= 0.6 is 23.1 Å². The summed E-state index contributed by atoms with van der Waals surface area (Å²) in [6.45, 7) is 5.39. The molecule has 0 bridgehead atoms. The molecule has 136 valence electrons. The van der Waals surface area contributed by atoms with Crippen molar-refractivity contribution in [1.29, 1.82) is 0 Å². The zero-order chi connectivity index (χ0) is 18.8. The van der Waals surface area contributed by atoms with E-state index in [2.05, 4.69) is 15.5 Å². The first-order chi connectivity index (χ1) is 11.6. The number of aryl methyl sites for hydroxylation is 2. The fourth-order valence-electron chi connectivity index (χ4n) is 2.22. The molecule has 0 radical (unpaired) electrons. The van der Waals surface area contributed by atoms with Crippen molar-refractivity contribution in [3.8, 4) is 0 Å². The van der Waals surface area contributed by atoms with Gasteiger partial charge in [-0.2, -0.15) is 0 Å². The molecule has 25 heavy (non-hydrogen) atoms. The van der Waals surface area contributed by atoms with Crippen molar-refractivity contribution in [3.05, 3.63) is 29.3 Å². The predicted octanol–water partition coefficient (Wildman–Crippen LogP) is 2.67. The monoisotopic (exact) mass is 400 g/mol. The van der Waals surface area contributed by atoms with E-state index >= 15 is 0 Å². The number of nitrogens with zero attached hydrogens (tertiary/aromatic N) is 3. The third kappa shape index (κ3) is 4.71. The zero-order valence-corrected chi connectivity index (χ0v) is 17.1. The number of carbonyl (C=O) groups is 1. The maximum atomic E-state index is 12.5. The topological polar surface area (TPSA) is 92.3 Å². The Hall–Kier alpha value is -1.65. The molecule has 0 fully saturated rings.